The van der Waals surface area contributed by atoms with Crippen molar-refractivity contribution in [3.05, 3.63) is 77.9 Å². The van der Waals surface area contributed by atoms with E-state index in [2.05, 4.69) is 15.2 Å². The fourth-order valence-corrected chi connectivity index (χ4v) is 4.47. The van der Waals surface area contributed by atoms with Crippen LogP contribution in [0, 0.1) is 0 Å². The largest absolute Gasteiger partial charge is 0.444 e. The first kappa shape index (κ1) is 23.7. The second-order valence-electron chi connectivity index (χ2n) is 10.1. The van der Waals surface area contributed by atoms with Gasteiger partial charge in [0.25, 0.3) is 0 Å². The molecule has 4 heterocycles. The third-order valence-corrected chi connectivity index (χ3v) is 6.26. The van der Waals surface area contributed by atoms with E-state index in [1.54, 1.807) is 17.3 Å². The Morgan fingerprint density at radius 2 is 1.94 bits per heavy atom. The maximum Gasteiger partial charge on any atom is 0.410 e. The Hall–Kier alpha value is -4.07. The van der Waals surface area contributed by atoms with Crippen LogP contribution in [0.4, 0.5) is 4.79 Å². The van der Waals surface area contributed by atoms with E-state index < -0.39 is 5.60 Å². The smallest absolute Gasteiger partial charge is 0.410 e. The average Bonchev–Trinajstić information content (AvgIpc) is 3.53. The molecular weight excluding hydrogens is 454 g/mol. The van der Waals surface area contributed by atoms with Crippen LogP contribution in [0.2, 0.25) is 0 Å². The van der Waals surface area contributed by atoms with Crippen molar-refractivity contribution in [1.29, 1.82) is 0 Å². The molecule has 3 aromatic heterocycles. The van der Waals surface area contributed by atoms with Crippen LogP contribution < -0.4 is 0 Å². The van der Waals surface area contributed by atoms with Gasteiger partial charge in [-0.25, -0.2) is 4.79 Å². The van der Waals surface area contributed by atoms with Gasteiger partial charge in [-0.3, -0.25) is 19.9 Å². The minimum Gasteiger partial charge on any atom is -0.444 e. The lowest BCUT2D eigenvalue weighted by atomic mass is 9.99. The number of aromatic nitrogens is 4. The highest BCUT2D eigenvalue weighted by atomic mass is 16.6. The molecule has 0 spiro atoms. The predicted octanol–water partition coefficient (Wildman–Crippen LogP) is 5.17. The van der Waals surface area contributed by atoms with Crippen LogP contribution in [-0.4, -0.2) is 55.6 Å². The first-order valence-electron chi connectivity index (χ1n) is 12.1. The Bertz CT molecular complexity index is 1390. The van der Waals surface area contributed by atoms with Crippen molar-refractivity contribution >= 4 is 22.8 Å². The standard InChI is InChI=1S/C28H29N5O3/c1-28(2,3)36-27(35)33-13-11-20(17-33)23-14-21-16-30-32-26(21)25(31-23)19-9-7-18(8-10-19)24(34)15-22-6-4-5-12-29-22/h4-10,12,14,16,20H,11,13,15,17H2,1-3H3,(H,30,32). The number of fused-ring (bicyclic) bond motifs is 1. The van der Waals surface area contributed by atoms with Crippen molar-refractivity contribution in [2.45, 2.75) is 45.1 Å². The zero-order valence-corrected chi connectivity index (χ0v) is 20.7. The Labute approximate surface area is 209 Å². The van der Waals surface area contributed by atoms with E-state index in [0.29, 0.717) is 18.7 Å². The van der Waals surface area contributed by atoms with Crippen LogP contribution in [0.5, 0.6) is 0 Å². The molecule has 1 fully saturated rings. The van der Waals surface area contributed by atoms with E-state index in [0.717, 1.165) is 40.0 Å². The minimum atomic E-state index is -0.526. The van der Waals surface area contributed by atoms with Crippen LogP contribution in [0.1, 0.15) is 54.9 Å². The maximum absolute atomic E-state index is 12.7. The van der Waals surface area contributed by atoms with E-state index >= 15 is 0 Å². The molecule has 1 aliphatic rings. The van der Waals surface area contributed by atoms with Gasteiger partial charge in [0.1, 0.15) is 5.60 Å². The van der Waals surface area contributed by atoms with Gasteiger partial charge in [-0.1, -0.05) is 30.3 Å². The summed E-state index contributed by atoms with van der Waals surface area (Å²) in [7, 11) is 0. The number of carbonyl (C=O) groups is 2. The fourth-order valence-electron chi connectivity index (χ4n) is 4.47. The number of likely N-dealkylation sites (tertiary alicyclic amines) is 1. The molecule has 1 aliphatic heterocycles. The molecule has 1 N–H and O–H groups in total. The number of aromatic amines is 1. The van der Waals surface area contributed by atoms with Gasteiger partial charge in [0.15, 0.2) is 5.78 Å². The Morgan fingerprint density at radius 1 is 1.14 bits per heavy atom. The van der Waals surface area contributed by atoms with Crippen LogP contribution in [0.15, 0.2) is 60.9 Å². The van der Waals surface area contributed by atoms with Gasteiger partial charge < -0.3 is 9.64 Å². The summed E-state index contributed by atoms with van der Waals surface area (Å²) in [5, 5.41) is 8.24. The number of nitrogens with zero attached hydrogens (tertiary/aromatic N) is 4. The summed E-state index contributed by atoms with van der Waals surface area (Å²) >= 11 is 0. The summed E-state index contributed by atoms with van der Waals surface area (Å²) in [4.78, 5) is 36.2. The lowest BCUT2D eigenvalue weighted by molar-refractivity contribution is 0.0292. The Morgan fingerprint density at radius 3 is 2.67 bits per heavy atom. The van der Waals surface area contributed by atoms with Gasteiger partial charge in [0.2, 0.25) is 0 Å². The number of hydrogen-bond acceptors (Lipinski definition) is 6. The van der Waals surface area contributed by atoms with Gasteiger partial charge in [0.05, 0.1) is 23.8 Å². The van der Waals surface area contributed by atoms with E-state index in [9.17, 15) is 9.59 Å². The fraction of sp³-hybridized carbons (Fsp3) is 0.321. The number of Topliss-reactive ketones (excluding diaryl/α,β-unsaturated/α-hetero) is 1. The monoisotopic (exact) mass is 483 g/mol. The van der Waals surface area contributed by atoms with E-state index in [-0.39, 0.29) is 24.2 Å². The van der Waals surface area contributed by atoms with Gasteiger partial charge in [0, 0.05) is 53.1 Å². The molecule has 36 heavy (non-hydrogen) atoms. The van der Waals surface area contributed by atoms with Crippen LogP contribution in [0.3, 0.4) is 0 Å². The molecule has 0 aliphatic carbocycles. The van der Waals surface area contributed by atoms with Gasteiger partial charge in [-0.15, -0.1) is 0 Å². The maximum atomic E-state index is 12.7. The van der Waals surface area contributed by atoms with Crippen LogP contribution in [-0.2, 0) is 11.2 Å². The number of nitrogens with one attached hydrogen (secondary N) is 1. The van der Waals surface area contributed by atoms with E-state index in [1.165, 1.54) is 0 Å². The van der Waals surface area contributed by atoms with Gasteiger partial charge in [-0.2, -0.15) is 5.10 Å². The number of H-pyrrole nitrogens is 1. The first-order valence-corrected chi connectivity index (χ1v) is 12.1. The minimum absolute atomic E-state index is 0.0156. The van der Waals surface area contributed by atoms with Crippen molar-refractivity contribution in [2.24, 2.45) is 0 Å². The molecule has 8 heteroatoms. The lowest BCUT2D eigenvalue weighted by Gasteiger charge is -2.24. The third kappa shape index (κ3) is 5.12. The number of amides is 1. The van der Waals surface area contributed by atoms with Gasteiger partial charge >= 0.3 is 6.09 Å². The number of hydrogen-bond donors (Lipinski definition) is 1. The predicted molar refractivity (Wildman–Crippen MR) is 137 cm³/mol. The number of benzene rings is 1. The molecule has 4 aromatic rings. The van der Waals surface area contributed by atoms with Crippen LogP contribution in [0.25, 0.3) is 22.2 Å². The molecule has 0 saturated carbocycles. The van der Waals surface area contributed by atoms with Gasteiger partial charge in [-0.05, 0) is 45.4 Å². The highest BCUT2D eigenvalue weighted by Gasteiger charge is 2.31. The molecule has 5 rings (SSSR count). The van der Waals surface area contributed by atoms with Crippen molar-refractivity contribution in [3.63, 3.8) is 0 Å². The molecular formula is C28H29N5O3. The number of rotatable bonds is 5. The summed E-state index contributed by atoms with van der Waals surface area (Å²) in [6, 6.07) is 15.1. The SMILES string of the molecule is CC(C)(C)OC(=O)N1CCC(c2cc3cn[nH]c3c(-c3ccc(C(=O)Cc4ccccn4)cc3)n2)C1. The zero-order valence-electron chi connectivity index (χ0n) is 20.7. The Balaban J connectivity index is 1.37. The third-order valence-electron chi connectivity index (χ3n) is 6.26. The normalized spacial score (nSPS) is 15.9. The number of carbonyl (C=O) groups excluding carboxylic acids is 2. The molecule has 0 bridgehead atoms. The molecule has 184 valence electrons. The highest BCUT2D eigenvalue weighted by Crippen LogP contribution is 2.33. The van der Waals surface area contributed by atoms with E-state index in [1.807, 2.05) is 69.3 Å². The number of ketones is 1. The summed E-state index contributed by atoms with van der Waals surface area (Å²) in [6.07, 6.45) is 4.26. The molecule has 8 nitrogen and oxygen atoms in total. The van der Waals surface area contributed by atoms with Crippen molar-refractivity contribution in [1.82, 2.24) is 25.1 Å². The number of pyridine rings is 2. The quantitative estimate of drug-likeness (QED) is 0.393. The lowest BCUT2D eigenvalue weighted by Crippen LogP contribution is -2.35. The summed E-state index contributed by atoms with van der Waals surface area (Å²) in [6.45, 7) is 6.81. The van der Waals surface area contributed by atoms with Crippen LogP contribution >= 0.6 is 0 Å². The topological polar surface area (TPSA) is 101 Å². The molecule has 1 amide bonds. The summed E-state index contributed by atoms with van der Waals surface area (Å²) in [5.74, 6) is 0.122. The summed E-state index contributed by atoms with van der Waals surface area (Å²) in [5.41, 5.74) is 4.28. The highest BCUT2D eigenvalue weighted by molar-refractivity contribution is 5.98. The van der Waals surface area contributed by atoms with Crippen molar-refractivity contribution in [2.75, 3.05) is 13.1 Å². The van der Waals surface area contributed by atoms with E-state index in [4.69, 9.17) is 9.72 Å². The molecule has 1 unspecified atom stereocenters. The molecule has 1 saturated heterocycles. The van der Waals surface area contributed by atoms with Crippen molar-refractivity contribution < 1.29 is 14.3 Å². The number of ether oxygens (including phenoxy) is 1. The second-order valence-corrected chi connectivity index (χ2v) is 10.1. The second kappa shape index (κ2) is 9.53. The molecule has 1 aromatic carbocycles. The Kier molecular flexibility index (Phi) is 6.26. The van der Waals surface area contributed by atoms with Crippen molar-refractivity contribution in [3.8, 4) is 11.3 Å². The molecule has 0 radical (unpaired) electrons. The summed E-state index contributed by atoms with van der Waals surface area (Å²) < 4.78 is 5.54. The average molecular weight is 484 g/mol. The molecule has 1 atom stereocenters. The zero-order chi connectivity index (χ0) is 25.3. The first-order chi connectivity index (χ1) is 17.3.